The van der Waals surface area contributed by atoms with E-state index in [2.05, 4.69) is 22.9 Å². The molecule has 3 aromatic rings. The molecule has 35 heavy (non-hydrogen) atoms. The normalized spacial score (nSPS) is 20.5. The van der Waals surface area contributed by atoms with Crippen molar-refractivity contribution in [2.24, 2.45) is 0 Å². The topological polar surface area (TPSA) is 62.2 Å². The number of para-hydroxylation sites is 1. The highest BCUT2D eigenvalue weighted by Crippen LogP contribution is 2.36. The fraction of sp³-hybridized carbons (Fsp3) is 0.308. The second-order valence-corrected chi connectivity index (χ2v) is 10.3. The van der Waals surface area contributed by atoms with Gasteiger partial charge in [0.05, 0.1) is 24.1 Å². The first-order chi connectivity index (χ1) is 17.2. The fourth-order valence-corrected chi connectivity index (χ4v) is 5.86. The first kappa shape index (κ1) is 22.5. The van der Waals surface area contributed by atoms with Crippen LogP contribution in [0.3, 0.4) is 0 Å². The summed E-state index contributed by atoms with van der Waals surface area (Å²) < 4.78 is 25.2. The predicted octanol–water partition coefficient (Wildman–Crippen LogP) is 4.83. The quantitative estimate of drug-likeness (QED) is 0.335. The number of nitrogens with zero attached hydrogens (tertiary/aromatic N) is 2. The van der Waals surface area contributed by atoms with Gasteiger partial charge in [-0.15, -0.1) is 0 Å². The molecular formula is C26H24N2O5S2. The van der Waals surface area contributed by atoms with Gasteiger partial charge >= 0.3 is 0 Å². The molecule has 2 saturated heterocycles. The van der Waals surface area contributed by atoms with Crippen LogP contribution in [0.5, 0.6) is 17.2 Å². The third-order valence-corrected chi connectivity index (χ3v) is 7.71. The zero-order chi connectivity index (χ0) is 23.8. The molecule has 0 N–H and O–H groups in total. The smallest absolute Gasteiger partial charge is 0.266 e. The number of amides is 1. The van der Waals surface area contributed by atoms with Gasteiger partial charge in [0.25, 0.3) is 5.91 Å². The lowest BCUT2D eigenvalue weighted by atomic mass is 10.1. The number of hydrogen-bond acceptors (Lipinski definition) is 7. The van der Waals surface area contributed by atoms with Crippen molar-refractivity contribution >= 4 is 51.2 Å². The van der Waals surface area contributed by atoms with E-state index >= 15 is 0 Å². The lowest BCUT2D eigenvalue weighted by Gasteiger charge is -2.18. The molecule has 0 bridgehead atoms. The molecule has 1 atom stereocenters. The molecule has 7 nitrogen and oxygen atoms in total. The number of rotatable bonds is 7. The van der Waals surface area contributed by atoms with E-state index in [0.29, 0.717) is 34.7 Å². The van der Waals surface area contributed by atoms with Gasteiger partial charge in [0.2, 0.25) is 6.79 Å². The maximum absolute atomic E-state index is 13.1. The van der Waals surface area contributed by atoms with E-state index in [-0.39, 0.29) is 18.8 Å². The average molecular weight is 509 g/mol. The zero-order valence-electron chi connectivity index (χ0n) is 19.0. The van der Waals surface area contributed by atoms with E-state index in [0.717, 1.165) is 47.4 Å². The summed E-state index contributed by atoms with van der Waals surface area (Å²) in [6.45, 7) is 2.67. The number of fused-ring (bicyclic) bond motifs is 2. The minimum Gasteiger partial charge on any atom is -0.492 e. The van der Waals surface area contributed by atoms with Crippen LogP contribution in [0.2, 0.25) is 0 Å². The van der Waals surface area contributed by atoms with Crippen LogP contribution in [0.4, 0.5) is 0 Å². The van der Waals surface area contributed by atoms with Crippen LogP contribution in [0.15, 0.2) is 53.6 Å². The third kappa shape index (κ3) is 4.51. The molecule has 2 fully saturated rings. The second kappa shape index (κ2) is 9.56. The molecule has 3 aliphatic rings. The molecule has 0 spiro atoms. The van der Waals surface area contributed by atoms with Gasteiger partial charge in [-0.2, -0.15) is 0 Å². The van der Waals surface area contributed by atoms with Crippen molar-refractivity contribution < 1.29 is 23.7 Å². The van der Waals surface area contributed by atoms with Gasteiger partial charge in [-0.05, 0) is 37.1 Å². The Morgan fingerprint density at radius 1 is 1.17 bits per heavy atom. The Morgan fingerprint density at radius 2 is 2.06 bits per heavy atom. The lowest BCUT2D eigenvalue weighted by Crippen LogP contribution is -2.35. The number of carbonyl (C=O) groups is 1. The predicted molar refractivity (Wildman–Crippen MR) is 139 cm³/mol. The summed E-state index contributed by atoms with van der Waals surface area (Å²) in [4.78, 5) is 15.4. The SMILES string of the molecule is O=C1/C(=C/c2cn(CCOc3ccc4c(c3)OCO4)c3ccccc23)SC(=S)N1C[C@H]1CCCO1. The molecule has 180 valence electrons. The van der Waals surface area contributed by atoms with Crippen molar-refractivity contribution in [1.29, 1.82) is 0 Å². The van der Waals surface area contributed by atoms with E-state index < -0.39 is 0 Å². The van der Waals surface area contributed by atoms with Crippen molar-refractivity contribution in [3.05, 3.63) is 59.1 Å². The summed E-state index contributed by atoms with van der Waals surface area (Å²) in [5.41, 5.74) is 2.07. The van der Waals surface area contributed by atoms with Crippen molar-refractivity contribution in [2.75, 3.05) is 26.6 Å². The minimum atomic E-state index is -0.0431. The highest BCUT2D eigenvalue weighted by Gasteiger charge is 2.34. The maximum atomic E-state index is 13.1. The van der Waals surface area contributed by atoms with Gasteiger partial charge in [0.1, 0.15) is 16.7 Å². The molecule has 6 rings (SSSR count). The van der Waals surface area contributed by atoms with Crippen LogP contribution in [0.25, 0.3) is 17.0 Å². The van der Waals surface area contributed by atoms with E-state index in [1.54, 1.807) is 4.90 Å². The van der Waals surface area contributed by atoms with Crippen LogP contribution in [-0.2, 0) is 16.1 Å². The number of thiocarbonyl (C=S) groups is 1. The summed E-state index contributed by atoms with van der Waals surface area (Å²) in [5, 5.41) is 1.08. The molecule has 4 heterocycles. The van der Waals surface area contributed by atoms with Crippen LogP contribution in [0.1, 0.15) is 18.4 Å². The Hall–Kier alpha value is -3.01. The van der Waals surface area contributed by atoms with Gasteiger partial charge < -0.3 is 23.5 Å². The van der Waals surface area contributed by atoms with Crippen LogP contribution in [-0.4, -0.2) is 52.4 Å². The lowest BCUT2D eigenvalue weighted by molar-refractivity contribution is -0.123. The Morgan fingerprint density at radius 3 is 2.94 bits per heavy atom. The van der Waals surface area contributed by atoms with Gasteiger partial charge in [-0.1, -0.05) is 42.2 Å². The monoisotopic (exact) mass is 508 g/mol. The van der Waals surface area contributed by atoms with E-state index in [1.807, 2.05) is 36.4 Å². The van der Waals surface area contributed by atoms with Crippen LogP contribution in [0, 0.1) is 0 Å². The van der Waals surface area contributed by atoms with Gasteiger partial charge in [-0.3, -0.25) is 9.69 Å². The summed E-state index contributed by atoms with van der Waals surface area (Å²) in [7, 11) is 0. The van der Waals surface area contributed by atoms with Crippen molar-refractivity contribution in [1.82, 2.24) is 9.47 Å². The zero-order valence-corrected chi connectivity index (χ0v) is 20.6. The molecule has 1 aromatic heterocycles. The molecule has 0 saturated carbocycles. The molecule has 0 radical (unpaired) electrons. The van der Waals surface area contributed by atoms with Crippen LogP contribution < -0.4 is 14.2 Å². The second-order valence-electron chi connectivity index (χ2n) is 8.59. The highest BCUT2D eigenvalue weighted by atomic mass is 32.2. The molecule has 1 amide bonds. The molecule has 0 aliphatic carbocycles. The molecule has 3 aliphatic heterocycles. The van der Waals surface area contributed by atoms with E-state index in [1.165, 1.54) is 11.8 Å². The molecule has 0 unspecified atom stereocenters. The molecule has 2 aromatic carbocycles. The minimum absolute atomic E-state index is 0.0431. The third-order valence-electron chi connectivity index (χ3n) is 6.33. The standard InChI is InChI=1S/C26H24N2O5S2/c29-25-24(35-26(34)28(25)15-19-4-3-10-30-19)12-17-14-27(21-6-2-1-5-20(17)21)9-11-31-18-7-8-22-23(13-18)33-16-32-22/h1-2,5-8,12-14,19H,3-4,9-11,15-16H2/b24-12-/t19-/m1/s1. The molecule has 9 heteroatoms. The van der Waals surface area contributed by atoms with Crippen molar-refractivity contribution in [2.45, 2.75) is 25.5 Å². The van der Waals surface area contributed by atoms with Crippen molar-refractivity contribution in [3.8, 4) is 17.2 Å². The van der Waals surface area contributed by atoms with Gasteiger partial charge in [0.15, 0.2) is 11.5 Å². The largest absolute Gasteiger partial charge is 0.492 e. The Balaban J connectivity index is 1.19. The number of aromatic nitrogens is 1. The van der Waals surface area contributed by atoms with Gasteiger partial charge in [-0.25, -0.2) is 0 Å². The van der Waals surface area contributed by atoms with Crippen LogP contribution >= 0.6 is 24.0 Å². The first-order valence-corrected chi connectivity index (χ1v) is 12.9. The number of benzene rings is 2. The summed E-state index contributed by atoms with van der Waals surface area (Å²) in [6, 6.07) is 13.8. The maximum Gasteiger partial charge on any atom is 0.266 e. The number of thioether (sulfide) groups is 1. The number of hydrogen-bond donors (Lipinski definition) is 0. The number of ether oxygens (including phenoxy) is 4. The Labute approximate surface area is 212 Å². The van der Waals surface area contributed by atoms with E-state index in [9.17, 15) is 4.79 Å². The summed E-state index contributed by atoms with van der Waals surface area (Å²) in [5.74, 6) is 2.13. The average Bonchev–Trinajstić information content (AvgIpc) is 3.65. The van der Waals surface area contributed by atoms with Crippen molar-refractivity contribution in [3.63, 3.8) is 0 Å². The number of carbonyl (C=O) groups excluding carboxylic acids is 1. The fourth-order valence-electron chi connectivity index (χ4n) is 4.59. The van der Waals surface area contributed by atoms with Gasteiger partial charge in [0, 0.05) is 35.3 Å². The molecular weight excluding hydrogens is 484 g/mol. The summed E-state index contributed by atoms with van der Waals surface area (Å²) >= 11 is 6.87. The Bertz CT molecular complexity index is 1330. The summed E-state index contributed by atoms with van der Waals surface area (Å²) in [6.07, 6.45) is 6.10. The van der Waals surface area contributed by atoms with E-state index in [4.69, 9.17) is 31.2 Å². The highest BCUT2D eigenvalue weighted by molar-refractivity contribution is 8.26. The Kier molecular flexibility index (Phi) is 6.13. The first-order valence-electron chi connectivity index (χ1n) is 11.6.